The number of ether oxygens (including phenoxy) is 1. The number of rotatable bonds is 7. The number of carbonyl (C=O) groups is 2. The number of hydrogen-bond donors (Lipinski definition) is 2. The maximum atomic E-state index is 11.9. The van der Waals surface area contributed by atoms with E-state index in [0.717, 1.165) is 12.8 Å². The minimum atomic E-state index is -0.891. The molecule has 1 aliphatic heterocycles. The highest BCUT2D eigenvalue weighted by atomic mass is 16.5. The van der Waals surface area contributed by atoms with E-state index in [9.17, 15) is 9.59 Å². The number of carboxylic acid groups (broad SMARTS) is 1. The number of nitrogens with one attached hydrogen (secondary N) is 1. The molecule has 0 bridgehead atoms. The molecular formula is C14H25NO4. The number of aliphatic carboxylic acids is 1. The molecule has 5 heteroatoms. The van der Waals surface area contributed by atoms with Gasteiger partial charge in [-0.15, -0.1) is 0 Å². The summed E-state index contributed by atoms with van der Waals surface area (Å²) in [6.07, 6.45) is 4.19. The van der Waals surface area contributed by atoms with Crippen molar-refractivity contribution in [3.63, 3.8) is 0 Å². The number of carbonyl (C=O) groups excluding carboxylic acids is 1. The third-order valence-electron chi connectivity index (χ3n) is 3.78. The number of hydrogen-bond acceptors (Lipinski definition) is 3. The molecule has 110 valence electrons. The summed E-state index contributed by atoms with van der Waals surface area (Å²) >= 11 is 0. The van der Waals surface area contributed by atoms with Crippen LogP contribution in [0, 0.1) is 0 Å². The smallest absolute Gasteiger partial charge is 0.305 e. The first-order valence-electron chi connectivity index (χ1n) is 7.03. The summed E-state index contributed by atoms with van der Waals surface area (Å²) in [5.74, 6) is -0.980. The summed E-state index contributed by atoms with van der Waals surface area (Å²) in [6, 6.07) is 0. The Morgan fingerprint density at radius 1 is 1.42 bits per heavy atom. The van der Waals surface area contributed by atoms with Crippen molar-refractivity contribution in [3.8, 4) is 0 Å². The first-order valence-corrected chi connectivity index (χ1v) is 7.03. The zero-order valence-electron chi connectivity index (χ0n) is 12.1. The Hall–Kier alpha value is -1.10. The molecule has 1 amide bonds. The van der Waals surface area contributed by atoms with Crippen LogP contribution in [0.5, 0.6) is 0 Å². The zero-order valence-corrected chi connectivity index (χ0v) is 12.1. The van der Waals surface area contributed by atoms with E-state index in [0.29, 0.717) is 25.4 Å². The molecule has 1 rings (SSSR count). The minimum Gasteiger partial charge on any atom is -0.481 e. The van der Waals surface area contributed by atoms with Crippen molar-refractivity contribution in [2.75, 3.05) is 0 Å². The summed E-state index contributed by atoms with van der Waals surface area (Å²) < 4.78 is 5.66. The van der Waals surface area contributed by atoms with Crippen molar-refractivity contribution in [1.29, 1.82) is 0 Å². The van der Waals surface area contributed by atoms with Gasteiger partial charge in [-0.3, -0.25) is 9.59 Å². The fraction of sp³-hybridized carbons (Fsp3) is 0.857. The molecule has 0 aromatic carbocycles. The maximum Gasteiger partial charge on any atom is 0.305 e. The van der Waals surface area contributed by atoms with Crippen LogP contribution in [0.25, 0.3) is 0 Å². The van der Waals surface area contributed by atoms with E-state index in [2.05, 4.69) is 5.32 Å². The van der Waals surface area contributed by atoms with Gasteiger partial charge in [-0.1, -0.05) is 6.92 Å². The van der Waals surface area contributed by atoms with Crippen molar-refractivity contribution >= 4 is 11.9 Å². The molecule has 0 spiro atoms. The highest BCUT2D eigenvalue weighted by molar-refractivity contribution is 5.78. The summed E-state index contributed by atoms with van der Waals surface area (Å²) in [4.78, 5) is 22.7. The minimum absolute atomic E-state index is 0.0494. The topological polar surface area (TPSA) is 75.6 Å². The van der Waals surface area contributed by atoms with Crippen LogP contribution < -0.4 is 5.32 Å². The Bertz CT molecular complexity index is 331. The van der Waals surface area contributed by atoms with Crippen LogP contribution >= 0.6 is 0 Å². The van der Waals surface area contributed by atoms with Gasteiger partial charge in [0.15, 0.2) is 0 Å². The summed E-state index contributed by atoms with van der Waals surface area (Å²) in [7, 11) is 0. The van der Waals surface area contributed by atoms with E-state index < -0.39 is 11.5 Å². The van der Waals surface area contributed by atoms with Gasteiger partial charge in [-0.25, -0.2) is 0 Å². The normalized spacial score (nSPS) is 25.8. The molecule has 0 aliphatic carbocycles. The largest absolute Gasteiger partial charge is 0.481 e. The summed E-state index contributed by atoms with van der Waals surface area (Å²) in [5, 5.41) is 11.7. The quantitative estimate of drug-likeness (QED) is 0.743. The van der Waals surface area contributed by atoms with E-state index in [4.69, 9.17) is 9.84 Å². The highest BCUT2D eigenvalue weighted by Gasteiger charge is 2.28. The van der Waals surface area contributed by atoms with Gasteiger partial charge < -0.3 is 15.2 Å². The molecule has 1 saturated heterocycles. The maximum absolute atomic E-state index is 11.9. The highest BCUT2D eigenvalue weighted by Crippen LogP contribution is 2.23. The van der Waals surface area contributed by atoms with Gasteiger partial charge in [0.2, 0.25) is 5.91 Å². The first kappa shape index (κ1) is 16.0. The number of amides is 1. The second-order valence-corrected chi connectivity index (χ2v) is 5.72. The molecule has 1 heterocycles. The van der Waals surface area contributed by atoms with E-state index in [1.165, 1.54) is 0 Å². The standard InChI is InChI=1S/C14H25NO4/c1-4-14(3,9-13(17)18)15-12(16)8-7-11-6-5-10(2)19-11/h10-11H,4-9H2,1-3H3,(H,15,16)(H,17,18)/t10-,11+,14+/m0/s1. The molecule has 3 atom stereocenters. The third-order valence-corrected chi connectivity index (χ3v) is 3.78. The summed E-state index contributed by atoms with van der Waals surface area (Å²) in [6.45, 7) is 5.69. The van der Waals surface area contributed by atoms with Gasteiger partial charge in [-0.05, 0) is 39.5 Å². The molecule has 2 N–H and O–H groups in total. The molecule has 19 heavy (non-hydrogen) atoms. The van der Waals surface area contributed by atoms with Crippen molar-refractivity contribution in [3.05, 3.63) is 0 Å². The predicted octanol–water partition coefficient (Wildman–Crippen LogP) is 2.09. The predicted molar refractivity (Wildman–Crippen MR) is 71.9 cm³/mol. The van der Waals surface area contributed by atoms with Crippen LogP contribution in [-0.4, -0.2) is 34.7 Å². The Labute approximate surface area is 114 Å². The average molecular weight is 271 g/mol. The molecule has 0 saturated carbocycles. The fourth-order valence-electron chi connectivity index (χ4n) is 2.38. The van der Waals surface area contributed by atoms with Crippen LogP contribution in [0.2, 0.25) is 0 Å². The molecule has 0 aromatic rings. The first-order chi connectivity index (χ1) is 8.84. The lowest BCUT2D eigenvalue weighted by Gasteiger charge is -2.28. The fourth-order valence-corrected chi connectivity index (χ4v) is 2.38. The van der Waals surface area contributed by atoms with Crippen LogP contribution in [0.4, 0.5) is 0 Å². The van der Waals surface area contributed by atoms with Gasteiger partial charge >= 0.3 is 5.97 Å². The van der Waals surface area contributed by atoms with Crippen LogP contribution in [-0.2, 0) is 14.3 Å². The summed E-state index contributed by atoms with van der Waals surface area (Å²) in [5.41, 5.74) is -0.660. The lowest BCUT2D eigenvalue weighted by molar-refractivity contribution is -0.139. The van der Waals surface area contributed by atoms with Crippen molar-refractivity contribution in [1.82, 2.24) is 5.32 Å². The van der Waals surface area contributed by atoms with Crippen LogP contribution in [0.1, 0.15) is 59.3 Å². The molecule has 0 aromatic heterocycles. The zero-order chi connectivity index (χ0) is 14.5. The van der Waals surface area contributed by atoms with Crippen LogP contribution in [0.15, 0.2) is 0 Å². The van der Waals surface area contributed by atoms with Crippen molar-refractivity contribution in [2.24, 2.45) is 0 Å². The van der Waals surface area contributed by atoms with Gasteiger partial charge in [-0.2, -0.15) is 0 Å². The van der Waals surface area contributed by atoms with Gasteiger partial charge in [0, 0.05) is 12.0 Å². The Balaban J connectivity index is 2.34. The Kier molecular flexibility index (Phi) is 5.79. The molecular weight excluding hydrogens is 246 g/mol. The lowest BCUT2D eigenvalue weighted by atomic mass is 9.94. The van der Waals surface area contributed by atoms with Gasteiger partial charge in [0.1, 0.15) is 0 Å². The Morgan fingerprint density at radius 2 is 2.11 bits per heavy atom. The van der Waals surface area contributed by atoms with Crippen LogP contribution in [0.3, 0.4) is 0 Å². The van der Waals surface area contributed by atoms with Gasteiger partial charge in [0.25, 0.3) is 0 Å². The number of carboxylic acids is 1. The van der Waals surface area contributed by atoms with Crippen molar-refractivity contribution < 1.29 is 19.4 Å². The van der Waals surface area contributed by atoms with E-state index in [1.54, 1.807) is 6.92 Å². The second-order valence-electron chi connectivity index (χ2n) is 5.72. The monoisotopic (exact) mass is 271 g/mol. The third kappa shape index (κ3) is 5.59. The molecule has 0 unspecified atom stereocenters. The lowest BCUT2D eigenvalue weighted by Crippen LogP contribution is -2.47. The molecule has 1 fully saturated rings. The van der Waals surface area contributed by atoms with Gasteiger partial charge in [0.05, 0.1) is 18.6 Å². The van der Waals surface area contributed by atoms with E-state index >= 15 is 0 Å². The molecule has 1 aliphatic rings. The Morgan fingerprint density at radius 3 is 2.58 bits per heavy atom. The molecule has 5 nitrogen and oxygen atoms in total. The second kappa shape index (κ2) is 6.89. The van der Waals surface area contributed by atoms with Crippen molar-refractivity contribution in [2.45, 2.75) is 77.0 Å². The molecule has 0 radical (unpaired) electrons. The van der Waals surface area contributed by atoms with E-state index in [-0.39, 0.29) is 18.4 Å². The van der Waals surface area contributed by atoms with E-state index in [1.807, 2.05) is 13.8 Å². The average Bonchev–Trinajstić information content (AvgIpc) is 2.71. The SMILES string of the molecule is CC[C@](C)(CC(=O)O)NC(=O)CC[C@H]1CC[C@H](C)O1.